The summed E-state index contributed by atoms with van der Waals surface area (Å²) in [6.07, 6.45) is 1.46. The van der Waals surface area contributed by atoms with E-state index in [-0.39, 0.29) is 5.91 Å². The van der Waals surface area contributed by atoms with Gasteiger partial charge in [-0.3, -0.25) is 4.79 Å². The fourth-order valence-electron chi connectivity index (χ4n) is 1.40. The Kier molecular flexibility index (Phi) is 4.44. The fraction of sp³-hybridized carbons (Fsp3) is 0. The number of hydrogen-bond donors (Lipinski definition) is 2. The van der Waals surface area contributed by atoms with Crippen LogP contribution in [0, 0.1) is 0 Å². The topological polar surface area (TPSA) is 68.0 Å². The third-order valence-electron chi connectivity index (χ3n) is 2.29. The SMILES string of the molecule is Nc1cnc(NC(=O)c2cccc(Br)c2Cl)c(Br)c1. The van der Waals surface area contributed by atoms with E-state index in [2.05, 4.69) is 42.2 Å². The molecule has 1 heterocycles. The van der Waals surface area contributed by atoms with E-state index in [1.54, 1.807) is 24.3 Å². The lowest BCUT2D eigenvalue weighted by Gasteiger charge is -2.08. The molecule has 0 aliphatic rings. The number of carbonyl (C=O) groups is 1. The third-order valence-corrected chi connectivity index (χ3v) is 4.19. The molecule has 0 aliphatic heterocycles. The first-order valence-electron chi connectivity index (χ1n) is 5.15. The highest BCUT2D eigenvalue weighted by molar-refractivity contribution is 9.11. The van der Waals surface area contributed by atoms with E-state index in [0.29, 0.717) is 31.0 Å². The summed E-state index contributed by atoms with van der Waals surface area (Å²) in [4.78, 5) is 16.2. The first kappa shape index (κ1) is 14.3. The molecule has 1 amide bonds. The number of nitrogen functional groups attached to an aromatic ring is 1. The minimum absolute atomic E-state index is 0.343. The number of aromatic nitrogens is 1. The van der Waals surface area contributed by atoms with E-state index in [0.717, 1.165) is 0 Å². The van der Waals surface area contributed by atoms with Crippen molar-refractivity contribution in [2.45, 2.75) is 0 Å². The summed E-state index contributed by atoms with van der Waals surface area (Å²) in [6.45, 7) is 0. The Morgan fingerprint density at radius 1 is 1.32 bits per heavy atom. The van der Waals surface area contributed by atoms with Crippen molar-refractivity contribution in [2.75, 3.05) is 11.1 Å². The molecule has 2 rings (SSSR count). The maximum atomic E-state index is 12.1. The number of nitrogens with zero attached hydrogens (tertiary/aromatic N) is 1. The highest BCUT2D eigenvalue weighted by atomic mass is 79.9. The molecule has 1 aromatic carbocycles. The maximum absolute atomic E-state index is 12.1. The van der Waals surface area contributed by atoms with Crippen molar-refractivity contribution in [3.05, 3.63) is 50.0 Å². The van der Waals surface area contributed by atoms with Crippen LogP contribution in [0.2, 0.25) is 5.02 Å². The van der Waals surface area contributed by atoms with Gasteiger partial charge in [-0.25, -0.2) is 4.98 Å². The Morgan fingerprint density at radius 3 is 2.74 bits per heavy atom. The standard InChI is InChI=1S/C12H8Br2ClN3O/c13-8-3-1-2-7(10(8)15)12(19)18-11-9(14)4-6(16)5-17-11/h1-5H,16H2,(H,17,18,19). The quantitative estimate of drug-likeness (QED) is 0.791. The molecule has 19 heavy (non-hydrogen) atoms. The highest BCUT2D eigenvalue weighted by Crippen LogP contribution is 2.27. The first-order chi connectivity index (χ1) is 8.99. The van der Waals surface area contributed by atoms with Crippen LogP contribution in [0.5, 0.6) is 0 Å². The number of halogens is 3. The number of nitrogens with two attached hydrogens (primary N) is 1. The Morgan fingerprint density at radius 2 is 2.05 bits per heavy atom. The molecule has 0 unspecified atom stereocenters. The predicted octanol–water partition coefficient (Wildman–Crippen LogP) is 4.09. The lowest BCUT2D eigenvalue weighted by atomic mass is 10.2. The molecule has 0 bridgehead atoms. The summed E-state index contributed by atoms with van der Waals surface area (Å²) in [7, 11) is 0. The van der Waals surface area contributed by atoms with Gasteiger partial charge in [0.2, 0.25) is 0 Å². The fourth-order valence-corrected chi connectivity index (χ4v) is 2.44. The van der Waals surface area contributed by atoms with Crippen molar-refractivity contribution in [1.29, 1.82) is 0 Å². The summed E-state index contributed by atoms with van der Waals surface area (Å²) < 4.78 is 1.26. The van der Waals surface area contributed by atoms with Crippen LogP contribution in [0.25, 0.3) is 0 Å². The van der Waals surface area contributed by atoms with E-state index >= 15 is 0 Å². The van der Waals surface area contributed by atoms with Crippen LogP contribution >= 0.6 is 43.5 Å². The van der Waals surface area contributed by atoms with E-state index < -0.39 is 0 Å². The summed E-state index contributed by atoms with van der Waals surface area (Å²) in [6, 6.07) is 6.78. The van der Waals surface area contributed by atoms with Gasteiger partial charge >= 0.3 is 0 Å². The molecule has 98 valence electrons. The van der Waals surface area contributed by atoms with Gasteiger partial charge in [-0.2, -0.15) is 0 Å². The van der Waals surface area contributed by atoms with Gasteiger partial charge in [0.15, 0.2) is 0 Å². The zero-order valence-electron chi connectivity index (χ0n) is 9.45. The van der Waals surface area contributed by atoms with Crippen molar-refractivity contribution in [3.8, 4) is 0 Å². The molecule has 0 spiro atoms. The lowest BCUT2D eigenvalue weighted by Crippen LogP contribution is -2.14. The monoisotopic (exact) mass is 403 g/mol. The van der Waals surface area contributed by atoms with Crippen LogP contribution in [0.1, 0.15) is 10.4 Å². The van der Waals surface area contributed by atoms with E-state index in [1.807, 2.05) is 0 Å². The van der Waals surface area contributed by atoms with Gasteiger partial charge < -0.3 is 11.1 Å². The number of nitrogens with one attached hydrogen (secondary N) is 1. The second-order valence-electron chi connectivity index (χ2n) is 3.65. The average molecular weight is 405 g/mol. The Labute approximate surface area is 131 Å². The first-order valence-corrected chi connectivity index (χ1v) is 7.12. The van der Waals surface area contributed by atoms with Crippen LogP contribution in [-0.4, -0.2) is 10.9 Å². The Balaban J connectivity index is 2.28. The van der Waals surface area contributed by atoms with E-state index in [4.69, 9.17) is 17.3 Å². The minimum atomic E-state index is -0.343. The van der Waals surface area contributed by atoms with Crippen LogP contribution in [0.3, 0.4) is 0 Å². The molecule has 1 aromatic heterocycles. The molecule has 0 saturated carbocycles. The smallest absolute Gasteiger partial charge is 0.258 e. The summed E-state index contributed by atoms with van der Waals surface area (Å²) >= 11 is 12.6. The molecule has 7 heteroatoms. The van der Waals surface area contributed by atoms with Crippen LogP contribution in [0.15, 0.2) is 39.4 Å². The molecule has 3 N–H and O–H groups in total. The van der Waals surface area contributed by atoms with Crippen molar-refractivity contribution < 1.29 is 4.79 Å². The Bertz CT molecular complexity index is 649. The van der Waals surface area contributed by atoms with Crippen molar-refractivity contribution >= 4 is 60.9 Å². The highest BCUT2D eigenvalue weighted by Gasteiger charge is 2.14. The van der Waals surface area contributed by atoms with Crippen LogP contribution in [-0.2, 0) is 0 Å². The molecular weight excluding hydrogens is 397 g/mol. The molecule has 0 fully saturated rings. The molecule has 0 saturated heterocycles. The summed E-state index contributed by atoms with van der Waals surface area (Å²) in [5.74, 6) is 0.0412. The van der Waals surface area contributed by atoms with Gasteiger partial charge in [0.25, 0.3) is 5.91 Å². The number of hydrogen-bond acceptors (Lipinski definition) is 3. The van der Waals surface area contributed by atoms with E-state index in [9.17, 15) is 4.79 Å². The molecule has 0 atom stereocenters. The molecule has 2 aromatic rings. The average Bonchev–Trinajstić information content (AvgIpc) is 2.36. The number of carbonyl (C=O) groups excluding carboxylic acids is 1. The van der Waals surface area contributed by atoms with Crippen LogP contribution < -0.4 is 11.1 Å². The van der Waals surface area contributed by atoms with Gasteiger partial charge in [0.05, 0.1) is 26.9 Å². The maximum Gasteiger partial charge on any atom is 0.258 e. The van der Waals surface area contributed by atoms with Crippen molar-refractivity contribution in [1.82, 2.24) is 4.98 Å². The van der Waals surface area contributed by atoms with Gasteiger partial charge in [-0.15, -0.1) is 0 Å². The van der Waals surface area contributed by atoms with Gasteiger partial charge in [-0.05, 0) is 50.1 Å². The molecule has 0 radical (unpaired) electrons. The second kappa shape index (κ2) is 5.90. The lowest BCUT2D eigenvalue weighted by molar-refractivity contribution is 0.102. The van der Waals surface area contributed by atoms with Gasteiger partial charge in [-0.1, -0.05) is 17.7 Å². The van der Waals surface area contributed by atoms with Crippen LogP contribution in [0.4, 0.5) is 11.5 Å². The number of pyridine rings is 1. The zero-order valence-corrected chi connectivity index (χ0v) is 13.4. The Hall–Kier alpha value is -1.11. The van der Waals surface area contributed by atoms with E-state index in [1.165, 1.54) is 6.20 Å². The number of amides is 1. The predicted molar refractivity (Wildman–Crippen MR) is 83.5 cm³/mol. The molecular formula is C12H8Br2ClN3O. The van der Waals surface area contributed by atoms with Crippen molar-refractivity contribution in [2.24, 2.45) is 0 Å². The largest absolute Gasteiger partial charge is 0.397 e. The van der Waals surface area contributed by atoms with Crippen molar-refractivity contribution in [3.63, 3.8) is 0 Å². The summed E-state index contributed by atoms with van der Waals surface area (Å²) in [5.41, 5.74) is 6.45. The molecule has 4 nitrogen and oxygen atoms in total. The van der Waals surface area contributed by atoms with Gasteiger partial charge in [0, 0.05) is 4.47 Å². The summed E-state index contributed by atoms with van der Waals surface area (Å²) in [5, 5.41) is 3.02. The second-order valence-corrected chi connectivity index (χ2v) is 5.74. The number of benzene rings is 1. The molecule has 0 aliphatic carbocycles. The van der Waals surface area contributed by atoms with Gasteiger partial charge in [0.1, 0.15) is 5.82 Å². The number of anilines is 2. The number of rotatable bonds is 2. The minimum Gasteiger partial charge on any atom is -0.397 e. The zero-order chi connectivity index (χ0) is 14.0. The third kappa shape index (κ3) is 3.26. The normalized spacial score (nSPS) is 10.3.